The molecule has 1 saturated heterocycles. The number of imide groups is 1. The molecule has 1 aliphatic rings. The Kier molecular flexibility index (Phi) is 6.70. The van der Waals surface area contributed by atoms with E-state index in [1.807, 2.05) is 51.1 Å². The second kappa shape index (κ2) is 9.05. The van der Waals surface area contributed by atoms with E-state index in [0.29, 0.717) is 27.5 Å². The summed E-state index contributed by atoms with van der Waals surface area (Å²) in [5.74, 6) is 0.853. The summed E-state index contributed by atoms with van der Waals surface area (Å²) >= 11 is 4.48. The van der Waals surface area contributed by atoms with Gasteiger partial charge in [0.2, 0.25) is 0 Å². The zero-order chi connectivity index (χ0) is 21.1. The van der Waals surface area contributed by atoms with Gasteiger partial charge >= 0.3 is 0 Å². The fourth-order valence-electron chi connectivity index (χ4n) is 2.88. The third-order valence-electron chi connectivity index (χ3n) is 4.39. The minimum absolute atomic E-state index is 0.174. The fraction of sp³-hybridized carbons (Fsp3) is 0.273. The average molecular weight is 476 g/mol. The predicted molar refractivity (Wildman–Crippen MR) is 119 cm³/mol. The molecule has 0 aromatic heterocycles. The van der Waals surface area contributed by atoms with Gasteiger partial charge in [-0.1, -0.05) is 29.8 Å². The summed E-state index contributed by atoms with van der Waals surface area (Å²) in [5.41, 5.74) is 2.99. The van der Waals surface area contributed by atoms with Crippen molar-refractivity contribution in [2.24, 2.45) is 0 Å². The van der Waals surface area contributed by atoms with E-state index in [0.717, 1.165) is 22.9 Å². The number of rotatable bonds is 6. The van der Waals surface area contributed by atoms with E-state index in [9.17, 15) is 9.59 Å². The molecule has 0 saturated carbocycles. The average Bonchev–Trinajstić information content (AvgIpc) is 2.95. The number of hydrogen-bond acceptors (Lipinski definition) is 5. The van der Waals surface area contributed by atoms with Gasteiger partial charge in [-0.3, -0.25) is 14.5 Å². The topological polar surface area (TPSA) is 55.8 Å². The van der Waals surface area contributed by atoms with E-state index < -0.39 is 0 Å². The molecule has 2 aromatic rings. The highest BCUT2D eigenvalue weighted by molar-refractivity contribution is 9.10. The Morgan fingerprint density at radius 2 is 1.86 bits per heavy atom. The van der Waals surface area contributed by atoms with E-state index in [1.54, 1.807) is 19.3 Å². The number of halogens is 1. The third kappa shape index (κ3) is 4.85. The van der Waals surface area contributed by atoms with Crippen LogP contribution in [0.2, 0.25) is 0 Å². The van der Waals surface area contributed by atoms with Gasteiger partial charge in [-0.15, -0.1) is 0 Å². The van der Waals surface area contributed by atoms with Crippen LogP contribution in [0.3, 0.4) is 0 Å². The van der Waals surface area contributed by atoms with Gasteiger partial charge in [-0.25, -0.2) is 0 Å². The van der Waals surface area contributed by atoms with Gasteiger partial charge in [0.05, 0.1) is 16.5 Å². The van der Waals surface area contributed by atoms with E-state index >= 15 is 0 Å². The predicted octanol–water partition coefficient (Wildman–Crippen LogP) is 5.79. The van der Waals surface area contributed by atoms with Crippen LogP contribution in [0.1, 0.15) is 30.5 Å². The molecule has 1 aliphatic heterocycles. The summed E-state index contributed by atoms with van der Waals surface area (Å²) in [6, 6.07) is 11.6. The lowest BCUT2D eigenvalue weighted by molar-refractivity contribution is -0.123. The molecule has 1 heterocycles. The molecule has 1 fully saturated rings. The molecule has 0 radical (unpaired) electrons. The van der Waals surface area contributed by atoms with Gasteiger partial charge < -0.3 is 9.47 Å². The molecule has 0 spiro atoms. The second-order valence-corrected chi connectivity index (χ2v) is 8.80. The van der Waals surface area contributed by atoms with E-state index in [4.69, 9.17) is 9.47 Å². The van der Waals surface area contributed by atoms with E-state index in [1.165, 1.54) is 10.5 Å². The van der Waals surface area contributed by atoms with Crippen molar-refractivity contribution in [2.45, 2.75) is 33.4 Å². The molecule has 0 atom stereocenters. The number of aryl methyl sites for hydroxylation is 1. The van der Waals surface area contributed by atoms with Crippen LogP contribution in [0.4, 0.5) is 4.79 Å². The number of carbonyl (C=O) groups is 2. The minimum atomic E-state index is -0.273. The number of thioether (sulfide) groups is 1. The molecule has 2 aromatic carbocycles. The number of carbonyl (C=O) groups excluding carboxylic acids is 2. The highest BCUT2D eigenvalue weighted by atomic mass is 79.9. The summed E-state index contributed by atoms with van der Waals surface area (Å²) in [6.07, 6.45) is 1.70. The van der Waals surface area contributed by atoms with Gasteiger partial charge in [0.15, 0.2) is 11.5 Å². The molecule has 3 rings (SSSR count). The first-order valence-electron chi connectivity index (χ1n) is 9.13. The lowest BCUT2D eigenvalue weighted by Crippen LogP contribution is -2.34. The fourth-order valence-corrected chi connectivity index (χ4v) is 4.41. The molecule has 7 heteroatoms. The minimum Gasteiger partial charge on any atom is -0.493 e. The Morgan fingerprint density at radius 1 is 1.17 bits per heavy atom. The van der Waals surface area contributed by atoms with E-state index in [2.05, 4.69) is 15.9 Å². The summed E-state index contributed by atoms with van der Waals surface area (Å²) in [5, 5.41) is -0.250. The monoisotopic (exact) mass is 475 g/mol. The number of amides is 2. The number of nitrogens with zero attached hydrogens (tertiary/aromatic N) is 1. The lowest BCUT2D eigenvalue weighted by Gasteiger charge is -2.16. The summed E-state index contributed by atoms with van der Waals surface area (Å²) in [6.45, 7) is 6.08. The van der Waals surface area contributed by atoms with Crippen molar-refractivity contribution in [3.05, 3.63) is 62.5 Å². The van der Waals surface area contributed by atoms with Crippen LogP contribution in [-0.4, -0.2) is 29.2 Å². The van der Waals surface area contributed by atoms with Crippen molar-refractivity contribution in [1.29, 1.82) is 0 Å². The summed E-state index contributed by atoms with van der Waals surface area (Å²) < 4.78 is 12.2. The molecule has 0 aliphatic carbocycles. The quantitative estimate of drug-likeness (QED) is 0.494. The maximum Gasteiger partial charge on any atom is 0.293 e. The van der Waals surface area contributed by atoms with E-state index in [-0.39, 0.29) is 17.2 Å². The Hall–Kier alpha value is -2.25. The Bertz CT molecular complexity index is 970. The van der Waals surface area contributed by atoms with Gasteiger partial charge in [0, 0.05) is 6.04 Å². The van der Waals surface area contributed by atoms with Crippen molar-refractivity contribution in [2.75, 3.05) is 7.11 Å². The first kappa shape index (κ1) is 21.5. The van der Waals surface area contributed by atoms with Crippen LogP contribution in [0.25, 0.3) is 6.08 Å². The van der Waals surface area contributed by atoms with Crippen LogP contribution in [-0.2, 0) is 11.4 Å². The Morgan fingerprint density at radius 3 is 2.45 bits per heavy atom. The number of methoxy groups -OCH3 is 1. The molecule has 2 amide bonds. The molecule has 0 N–H and O–H groups in total. The molecule has 0 unspecified atom stereocenters. The van der Waals surface area contributed by atoms with Gasteiger partial charge in [-0.2, -0.15) is 0 Å². The zero-order valence-corrected chi connectivity index (χ0v) is 19.1. The maximum atomic E-state index is 12.5. The molecule has 152 valence electrons. The van der Waals surface area contributed by atoms with Crippen LogP contribution >= 0.6 is 27.7 Å². The first-order chi connectivity index (χ1) is 13.8. The molecular weight excluding hydrogens is 454 g/mol. The molecular formula is C22H22BrNO4S. The van der Waals surface area contributed by atoms with Crippen molar-refractivity contribution < 1.29 is 19.1 Å². The molecule has 5 nitrogen and oxygen atoms in total. The van der Waals surface area contributed by atoms with Crippen LogP contribution < -0.4 is 9.47 Å². The second-order valence-electron chi connectivity index (χ2n) is 6.95. The SMILES string of the molecule is COc1cc(/C=C2\SC(=O)N(C(C)C)C2=O)cc(Br)c1OCc1ccc(C)cc1. The number of benzene rings is 2. The Labute approximate surface area is 183 Å². The highest BCUT2D eigenvalue weighted by Crippen LogP contribution is 2.39. The molecule has 29 heavy (non-hydrogen) atoms. The summed E-state index contributed by atoms with van der Waals surface area (Å²) in [7, 11) is 1.57. The van der Waals surface area contributed by atoms with Gasteiger partial charge in [0.25, 0.3) is 11.1 Å². The lowest BCUT2D eigenvalue weighted by atomic mass is 10.1. The van der Waals surface area contributed by atoms with Crippen molar-refractivity contribution in [3.63, 3.8) is 0 Å². The molecule has 0 bridgehead atoms. The standard InChI is InChI=1S/C22H22BrNO4S/c1-13(2)24-21(25)19(29-22(24)26)11-16-9-17(23)20(18(10-16)27-4)28-12-15-7-5-14(3)6-8-15/h5-11,13H,12H2,1-4H3/b19-11-. The first-order valence-corrected chi connectivity index (χ1v) is 10.7. The normalized spacial score (nSPS) is 15.5. The van der Waals surface area contributed by atoms with Crippen molar-refractivity contribution >= 4 is 44.9 Å². The van der Waals surface area contributed by atoms with Crippen LogP contribution in [0.15, 0.2) is 45.8 Å². The number of hydrogen-bond donors (Lipinski definition) is 0. The third-order valence-corrected chi connectivity index (χ3v) is 5.87. The highest BCUT2D eigenvalue weighted by Gasteiger charge is 2.36. The van der Waals surface area contributed by atoms with Crippen molar-refractivity contribution in [3.8, 4) is 11.5 Å². The maximum absolute atomic E-state index is 12.5. The van der Waals surface area contributed by atoms with Crippen LogP contribution in [0.5, 0.6) is 11.5 Å². The largest absolute Gasteiger partial charge is 0.493 e. The van der Waals surface area contributed by atoms with Gasteiger partial charge in [-0.05, 0) is 77.8 Å². The summed E-state index contributed by atoms with van der Waals surface area (Å²) in [4.78, 5) is 26.2. The van der Waals surface area contributed by atoms with Crippen molar-refractivity contribution in [1.82, 2.24) is 4.90 Å². The number of ether oxygens (including phenoxy) is 2. The smallest absolute Gasteiger partial charge is 0.293 e. The Balaban J connectivity index is 1.84. The van der Waals surface area contributed by atoms with Crippen LogP contribution in [0, 0.1) is 6.92 Å². The zero-order valence-electron chi connectivity index (χ0n) is 16.7. The van der Waals surface area contributed by atoms with Gasteiger partial charge in [0.1, 0.15) is 6.61 Å².